The molecule has 0 fully saturated rings. The van der Waals surface area contributed by atoms with Crippen molar-refractivity contribution in [1.82, 2.24) is 4.90 Å². The molecular weight excluding hydrogens is 264 g/mol. The fourth-order valence-corrected chi connectivity index (χ4v) is 3.20. The third kappa shape index (κ3) is 2.46. The van der Waals surface area contributed by atoms with Gasteiger partial charge >= 0.3 is 0 Å². The van der Waals surface area contributed by atoms with E-state index in [1.54, 1.807) is 7.11 Å². The molecule has 2 unspecified atom stereocenters. The number of halogens is 1. The van der Waals surface area contributed by atoms with Crippen LogP contribution in [0.5, 0.6) is 5.75 Å². The van der Waals surface area contributed by atoms with Crippen LogP contribution in [0.25, 0.3) is 0 Å². The number of fused-ring (bicyclic) bond motifs is 1. The summed E-state index contributed by atoms with van der Waals surface area (Å²) in [6.07, 6.45) is 0.876. The van der Waals surface area contributed by atoms with Gasteiger partial charge in [0, 0.05) is 35.8 Å². The van der Waals surface area contributed by atoms with E-state index in [2.05, 4.69) is 11.8 Å². The lowest BCUT2D eigenvalue weighted by molar-refractivity contribution is 0.0892. The molecule has 1 aliphatic heterocycles. The van der Waals surface area contributed by atoms with Gasteiger partial charge < -0.3 is 15.6 Å². The summed E-state index contributed by atoms with van der Waals surface area (Å²) in [5.41, 5.74) is 8.07. The van der Waals surface area contributed by atoms with E-state index in [1.165, 1.54) is 0 Å². The van der Waals surface area contributed by atoms with E-state index in [0.29, 0.717) is 6.54 Å². The van der Waals surface area contributed by atoms with E-state index in [-0.39, 0.29) is 18.7 Å². The van der Waals surface area contributed by atoms with Crippen molar-refractivity contribution in [1.29, 1.82) is 0 Å². The van der Waals surface area contributed by atoms with Gasteiger partial charge in [-0.2, -0.15) is 0 Å². The Labute approximate surface area is 119 Å². The molecule has 5 heteroatoms. The van der Waals surface area contributed by atoms with Gasteiger partial charge in [0.2, 0.25) is 0 Å². The number of aliphatic hydroxyl groups is 1. The number of methoxy groups -OCH3 is 1. The lowest BCUT2D eigenvalue weighted by atomic mass is 10.0. The minimum atomic E-state index is 0.0506. The second-order valence-electron chi connectivity index (χ2n) is 4.81. The van der Waals surface area contributed by atoms with E-state index >= 15 is 0 Å². The summed E-state index contributed by atoms with van der Waals surface area (Å²) < 4.78 is 5.41. The highest BCUT2D eigenvalue weighted by molar-refractivity contribution is 6.31. The zero-order valence-corrected chi connectivity index (χ0v) is 12.2. The Hall–Kier alpha value is -0.810. The predicted octanol–water partition coefficient (Wildman–Crippen LogP) is 1.93. The fraction of sp³-hybridized carbons (Fsp3) is 0.571. The van der Waals surface area contributed by atoms with Crippen LogP contribution < -0.4 is 10.5 Å². The standard InChI is InChI=1S/C14H21ClN2O2/c1-3-9(8-18)17-7-10-13(19-2)5-4-11(15)14(10)12(17)6-16/h4-5,9,12,18H,3,6-8,16H2,1-2H3. The Morgan fingerprint density at radius 1 is 1.58 bits per heavy atom. The van der Waals surface area contributed by atoms with Gasteiger partial charge in [0.15, 0.2) is 0 Å². The van der Waals surface area contributed by atoms with Crippen molar-refractivity contribution in [3.63, 3.8) is 0 Å². The summed E-state index contributed by atoms with van der Waals surface area (Å²) >= 11 is 6.33. The van der Waals surface area contributed by atoms with Crippen molar-refractivity contribution < 1.29 is 9.84 Å². The minimum Gasteiger partial charge on any atom is -0.496 e. The summed E-state index contributed by atoms with van der Waals surface area (Å²) in [5, 5.41) is 10.3. The van der Waals surface area contributed by atoms with Gasteiger partial charge in [0.25, 0.3) is 0 Å². The summed E-state index contributed by atoms with van der Waals surface area (Å²) in [7, 11) is 1.66. The van der Waals surface area contributed by atoms with Crippen molar-refractivity contribution >= 4 is 11.6 Å². The number of benzene rings is 1. The van der Waals surface area contributed by atoms with Crippen LogP contribution in [0.2, 0.25) is 5.02 Å². The maximum atomic E-state index is 9.53. The maximum absolute atomic E-state index is 9.53. The van der Waals surface area contributed by atoms with E-state index in [4.69, 9.17) is 22.1 Å². The Morgan fingerprint density at radius 3 is 2.84 bits per heavy atom. The second-order valence-corrected chi connectivity index (χ2v) is 5.22. The van der Waals surface area contributed by atoms with Crippen molar-refractivity contribution in [2.45, 2.75) is 32.0 Å². The van der Waals surface area contributed by atoms with Crippen LogP contribution in [0.15, 0.2) is 12.1 Å². The normalized spacial score (nSPS) is 20.4. The molecule has 4 nitrogen and oxygen atoms in total. The van der Waals surface area contributed by atoms with Crippen molar-refractivity contribution in [3.05, 3.63) is 28.3 Å². The van der Waals surface area contributed by atoms with E-state index in [1.807, 2.05) is 12.1 Å². The van der Waals surface area contributed by atoms with Gasteiger partial charge in [-0.1, -0.05) is 18.5 Å². The summed E-state index contributed by atoms with van der Waals surface area (Å²) in [4.78, 5) is 2.22. The molecule has 2 rings (SSSR count). The molecule has 0 radical (unpaired) electrons. The Bertz CT molecular complexity index is 449. The first-order chi connectivity index (χ1) is 9.17. The van der Waals surface area contributed by atoms with Crippen LogP contribution in [0, 0.1) is 0 Å². The van der Waals surface area contributed by atoms with E-state index in [0.717, 1.165) is 34.9 Å². The largest absolute Gasteiger partial charge is 0.496 e. The number of ether oxygens (including phenoxy) is 1. The molecule has 1 heterocycles. The zero-order valence-electron chi connectivity index (χ0n) is 11.4. The molecule has 1 aliphatic rings. The van der Waals surface area contributed by atoms with Crippen molar-refractivity contribution in [2.24, 2.45) is 5.73 Å². The average Bonchev–Trinajstić information content (AvgIpc) is 2.81. The third-order valence-electron chi connectivity index (χ3n) is 3.93. The van der Waals surface area contributed by atoms with Gasteiger partial charge in [-0.3, -0.25) is 4.90 Å². The van der Waals surface area contributed by atoms with E-state index < -0.39 is 0 Å². The van der Waals surface area contributed by atoms with Crippen LogP contribution in [-0.4, -0.2) is 36.3 Å². The molecule has 19 heavy (non-hydrogen) atoms. The number of rotatable bonds is 5. The lowest BCUT2D eigenvalue weighted by Gasteiger charge is -2.31. The highest BCUT2D eigenvalue weighted by atomic mass is 35.5. The lowest BCUT2D eigenvalue weighted by Crippen LogP contribution is -2.39. The molecule has 0 saturated carbocycles. The quantitative estimate of drug-likeness (QED) is 0.867. The molecule has 0 aliphatic carbocycles. The van der Waals surface area contributed by atoms with Crippen molar-refractivity contribution in [2.75, 3.05) is 20.3 Å². The van der Waals surface area contributed by atoms with Crippen LogP contribution in [0.3, 0.4) is 0 Å². The van der Waals surface area contributed by atoms with Gasteiger partial charge in [0.05, 0.1) is 13.7 Å². The highest BCUT2D eigenvalue weighted by Gasteiger charge is 2.36. The maximum Gasteiger partial charge on any atom is 0.123 e. The highest BCUT2D eigenvalue weighted by Crippen LogP contribution is 2.43. The van der Waals surface area contributed by atoms with Gasteiger partial charge in [-0.25, -0.2) is 0 Å². The SMILES string of the molecule is CCC(CO)N1Cc2c(OC)ccc(Cl)c2C1CN. The molecule has 3 N–H and O–H groups in total. The molecule has 0 amide bonds. The summed E-state index contributed by atoms with van der Waals surface area (Å²) in [6, 6.07) is 3.89. The summed E-state index contributed by atoms with van der Waals surface area (Å²) in [6.45, 7) is 3.40. The monoisotopic (exact) mass is 284 g/mol. The molecule has 0 aromatic heterocycles. The fourth-order valence-electron chi connectivity index (χ4n) is 2.89. The first-order valence-corrected chi connectivity index (χ1v) is 6.97. The van der Waals surface area contributed by atoms with Gasteiger partial charge in [0.1, 0.15) is 5.75 Å². The van der Waals surface area contributed by atoms with Crippen LogP contribution in [-0.2, 0) is 6.54 Å². The Morgan fingerprint density at radius 2 is 2.32 bits per heavy atom. The van der Waals surface area contributed by atoms with E-state index in [9.17, 15) is 5.11 Å². The zero-order chi connectivity index (χ0) is 14.0. The molecule has 1 aromatic rings. The first kappa shape index (κ1) is 14.6. The molecular formula is C14H21ClN2O2. The molecule has 0 bridgehead atoms. The van der Waals surface area contributed by atoms with Gasteiger partial charge in [-0.15, -0.1) is 0 Å². The third-order valence-corrected chi connectivity index (χ3v) is 4.26. The number of hydrogen-bond donors (Lipinski definition) is 2. The number of hydrogen-bond acceptors (Lipinski definition) is 4. The van der Waals surface area contributed by atoms with Crippen molar-refractivity contribution in [3.8, 4) is 5.75 Å². The Kier molecular flexibility index (Phi) is 4.68. The smallest absolute Gasteiger partial charge is 0.123 e. The number of aliphatic hydroxyl groups excluding tert-OH is 1. The summed E-state index contributed by atoms with van der Waals surface area (Å²) in [5.74, 6) is 0.841. The topological polar surface area (TPSA) is 58.7 Å². The molecule has 2 atom stereocenters. The van der Waals surface area contributed by atoms with Gasteiger partial charge in [-0.05, 0) is 24.1 Å². The molecule has 106 valence electrons. The predicted molar refractivity (Wildman–Crippen MR) is 76.5 cm³/mol. The van der Waals surface area contributed by atoms with Crippen LogP contribution in [0.4, 0.5) is 0 Å². The average molecular weight is 285 g/mol. The number of nitrogens with two attached hydrogens (primary N) is 1. The van der Waals surface area contributed by atoms with Crippen LogP contribution in [0.1, 0.15) is 30.5 Å². The molecule has 1 aromatic carbocycles. The Balaban J connectivity index is 2.44. The van der Waals surface area contributed by atoms with Crippen LogP contribution >= 0.6 is 11.6 Å². The minimum absolute atomic E-state index is 0.0506. The molecule has 0 saturated heterocycles. The second kappa shape index (κ2) is 6.09. The first-order valence-electron chi connectivity index (χ1n) is 6.59. The number of nitrogens with zero attached hydrogens (tertiary/aromatic N) is 1. The molecule has 0 spiro atoms.